The van der Waals surface area contributed by atoms with Crippen LogP contribution < -0.4 is 5.32 Å². The van der Waals surface area contributed by atoms with E-state index >= 15 is 0 Å². The van der Waals surface area contributed by atoms with Crippen molar-refractivity contribution in [1.82, 2.24) is 10.3 Å². The zero-order valence-electron chi connectivity index (χ0n) is 10.6. The first-order valence-electron chi connectivity index (χ1n) is 5.76. The number of nitrogens with zero attached hydrogens (tertiary/aromatic N) is 1. The summed E-state index contributed by atoms with van der Waals surface area (Å²) < 4.78 is 0. The molecule has 0 aromatic carbocycles. The van der Waals surface area contributed by atoms with Crippen LogP contribution in [0.25, 0.3) is 0 Å². The zero-order chi connectivity index (χ0) is 12.9. The van der Waals surface area contributed by atoms with Crippen molar-refractivity contribution in [2.75, 3.05) is 13.2 Å². The van der Waals surface area contributed by atoms with Crippen LogP contribution in [0.5, 0.6) is 0 Å². The van der Waals surface area contributed by atoms with Gasteiger partial charge in [0, 0.05) is 11.9 Å². The summed E-state index contributed by atoms with van der Waals surface area (Å²) >= 11 is 1.52. The van der Waals surface area contributed by atoms with Crippen LogP contribution in [-0.2, 0) is 6.42 Å². The van der Waals surface area contributed by atoms with Gasteiger partial charge in [-0.1, -0.05) is 20.8 Å². The van der Waals surface area contributed by atoms with Crippen LogP contribution in [0, 0.1) is 5.41 Å². The van der Waals surface area contributed by atoms with E-state index < -0.39 is 0 Å². The molecule has 5 heteroatoms. The summed E-state index contributed by atoms with van der Waals surface area (Å²) in [5, 5.41) is 14.0. The van der Waals surface area contributed by atoms with Gasteiger partial charge in [-0.15, -0.1) is 11.3 Å². The van der Waals surface area contributed by atoms with Crippen molar-refractivity contribution in [3.63, 3.8) is 0 Å². The summed E-state index contributed by atoms with van der Waals surface area (Å²) in [4.78, 5) is 15.8. The van der Waals surface area contributed by atoms with E-state index in [1.165, 1.54) is 11.3 Å². The SMILES string of the molecule is CC(C)(C)CCc1nc(C(=O)NCCO)cs1. The number of nitrogens with one attached hydrogen (secondary N) is 1. The monoisotopic (exact) mass is 256 g/mol. The molecule has 0 atom stereocenters. The minimum atomic E-state index is -0.211. The Kier molecular flexibility index (Phi) is 5.08. The van der Waals surface area contributed by atoms with E-state index in [4.69, 9.17) is 5.11 Å². The van der Waals surface area contributed by atoms with Gasteiger partial charge in [-0.2, -0.15) is 0 Å². The van der Waals surface area contributed by atoms with Crippen molar-refractivity contribution in [2.45, 2.75) is 33.6 Å². The van der Waals surface area contributed by atoms with E-state index in [0.717, 1.165) is 17.8 Å². The number of hydrogen-bond acceptors (Lipinski definition) is 4. The molecule has 1 aromatic heterocycles. The Morgan fingerprint density at radius 3 is 2.82 bits per heavy atom. The average Bonchev–Trinajstić information content (AvgIpc) is 2.70. The third-order valence-electron chi connectivity index (χ3n) is 2.27. The maximum Gasteiger partial charge on any atom is 0.270 e. The smallest absolute Gasteiger partial charge is 0.270 e. The Morgan fingerprint density at radius 1 is 1.53 bits per heavy atom. The maximum atomic E-state index is 11.5. The molecule has 17 heavy (non-hydrogen) atoms. The molecule has 0 fully saturated rings. The lowest BCUT2D eigenvalue weighted by Gasteiger charge is -2.16. The highest BCUT2D eigenvalue weighted by Gasteiger charge is 2.14. The largest absolute Gasteiger partial charge is 0.395 e. The lowest BCUT2D eigenvalue weighted by Crippen LogP contribution is -2.26. The fraction of sp³-hybridized carbons (Fsp3) is 0.667. The lowest BCUT2D eigenvalue weighted by molar-refractivity contribution is 0.0940. The van der Waals surface area contributed by atoms with Gasteiger partial charge in [-0.05, 0) is 18.3 Å². The molecular formula is C12H20N2O2S. The number of rotatable bonds is 5. The number of aromatic nitrogens is 1. The molecule has 1 rings (SSSR count). The third kappa shape index (κ3) is 5.28. The van der Waals surface area contributed by atoms with Gasteiger partial charge in [0.25, 0.3) is 5.91 Å². The summed E-state index contributed by atoms with van der Waals surface area (Å²) in [6, 6.07) is 0. The summed E-state index contributed by atoms with van der Waals surface area (Å²) in [6.07, 6.45) is 1.96. The number of aryl methyl sites for hydroxylation is 1. The molecule has 0 saturated heterocycles. The molecule has 0 spiro atoms. The Bertz CT molecular complexity index is 369. The first-order chi connectivity index (χ1) is 7.92. The van der Waals surface area contributed by atoms with E-state index in [1.807, 2.05) is 0 Å². The normalized spacial score (nSPS) is 11.5. The van der Waals surface area contributed by atoms with Gasteiger partial charge in [-0.25, -0.2) is 4.98 Å². The molecule has 0 aliphatic rings. The predicted molar refractivity (Wildman–Crippen MR) is 69.3 cm³/mol. The van der Waals surface area contributed by atoms with E-state index in [9.17, 15) is 4.79 Å². The predicted octanol–water partition coefficient (Wildman–Crippen LogP) is 1.84. The van der Waals surface area contributed by atoms with Crippen LogP contribution in [0.15, 0.2) is 5.38 Å². The minimum absolute atomic E-state index is 0.0489. The highest BCUT2D eigenvalue weighted by Crippen LogP contribution is 2.22. The highest BCUT2D eigenvalue weighted by molar-refractivity contribution is 7.09. The number of thiazole rings is 1. The van der Waals surface area contributed by atoms with Gasteiger partial charge in [0.05, 0.1) is 11.6 Å². The van der Waals surface area contributed by atoms with Gasteiger partial charge in [0.15, 0.2) is 0 Å². The van der Waals surface area contributed by atoms with Crippen molar-refractivity contribution >= 4 is 17.2 Å². The number of aliphatic hydroxyl groups excluding tert-OH is 1. The highest BCUT2D eigenvalue weighted by atomic mass is 32.1. The molecule has 2 N–H and O–H groups in total. The van der Waals surface area contributed by atoms with E-state index in [1.54, 1.807) is 5.38 Å². The first-order valence-corrected chi connectivity index (χ1v) is 6.64. The molecule has 4 nitrogen and oxygen atoms in total. The molecule has 0 radical (unpaired) electrons. The summed E-state index contributed by atoms with van der Waals surface area (Å²) in [6.45, 7) is 6.79. The number of carbonyl (C=O) groups is 1. The number of aliphatic hydroxyl groups is 1. The van der Waals surface area contributed by atoms with Crippen LogP contribution in [0.2, 0.25) is 0 Å². The molecule has 1 amide bonds. The second-order valence-corrected chi connectivity index (χ2v) is 6.11. The van der Waals surface area contributed by atoms with Crippen LogP contribution in [0.3, 0.4) is 0 Å². The molecule has 0 bridgehead atoms. The second kappa shape index (κ2) is 6.12. The number of carbonyl (C=O) groups excluding carboxylic acids is 1. The molecule has 1 heterocycles. The van der Waals surface area contributed by atoms with Gasteiger partial charge < -0.3 is 10.4 Å². The molecule has 0 saturated carbocycles. The Morgan fingerprint density at radius 2 is 2.24 bits per heavy atom. The first kappa shape index (κ1) is 14.1. The summed E-state index contributed by atoms with van der Waals surface area (Å²) in [5.41, 5.74) is 0.734. The standard InChI is InChI=1S/C12H20N2O2S/c1-12(2,3)5-4-10-14-9(8-17-10)11(16)13-6-7-15/h8,15H,4-7H2,1-3H3,(H,13,16). The number of hydrogen-bond donors (Lipinski definition) is 2. The van der Waals surface area contributed by atoms with E-state index in [2.05, 4.69) is 31.1 Å². The van der Waals surface area contributed by atoms with Crippen LogP contribution in [-0.4, -0.2) is 29.1 Å². The van der Waals surface area contributed by atoms with Crippen LogP contribution in [0.4, 0.5) is 0 Å². The fourth-order valence-corrected chi connectivity index (χ4v) is 2.05. The van der Waals surface area contributed by atoms with Crippen molar-refractivity contribution in [1.29, 1.82) is 0 Å². The molecule has 0 unspecified atom stereocenters. The van der Waals surface area contributed by atoms with Crippen molar-refractivity contribution in [2.24, 2.45) is 5.41 Å². The van der Waals surface area contributed by atoms with Crippen molar-refractivity contribution in [3.05, 3.63) is 16.1 Å². The van der Waals surface area contributed by atoms with Gasteiger partial charge in [-0.3, -0.25) is 4.79 Å². The summed E-state index contributed by atoms with van der Waals surface area (Å²) in [5.74, 6) is -0.211. The summed E-state index contributed by atoms with van der Waals surface area (Å²) in [7, 11) is 0. The van der Waals surface area contributed by atoms with Crippen LogP contribution >= 0.6 is 11.3 Å². The molecule has 1 aromatic rings. The second-order valence-electron chi connectivity index (χ2n) is 5.17. The third-order valence-corrected chi connectivity index (χ3v) is 3.18. The molecule has 0 aliphatic heterocycles. The zero-order valence-corrected chi connectivity index (χ0v) is 11.4. The lowest BCUT2D eigenvalue weighted by atomic mass is 9.91. The molecule has 0 aliphatic carbocycles. The fourth-order valence-electron chi connectivity index (χ4n) is 1.27. The van der Waals surface area contributed by atoms with Crippen LogP contribution in [0.1, 0.15) is 42.7 Å². The van der Waals surface area contributed by atoms with E-state index in [0.29, 0.717) is 5.69 Å². The molecule has 96 valence electrons. The van der Waals surface area contributed by atoms with Gasteiger partial charge in [0.1, 0.15) is 5.69 Å². The maximum absolute atomic E-state index is 11.5. The molecular weight excluding hydrogens is 236 g/mol. The Balaban J connectivity index is 2.50. The van der Waals surface area contributed by atoms with E-state index in [-0.39, 0.29) is 24.5 Å². The average molecular weight is 256 g/mol. The number of amides is 1. The topological polar surface area (TPSA) is 62.2 Å². The van der Waals surface area contributed by atoms with Crippen molar-refractivity contribution in [3.8, 4) is 0 Å². The van der Waals surface area contributed by atoms with Crippen molar-refractivity contribution < 1.29 is 9.90 Å². The van der Waals surface area contributed by atoms with Gasteiger partial charge in [0.2, 0.25) is 0 Å². The quantitative estimate of drug-likeness (QED) is 0.845. The Labute approximate surface area is 106 Å². The van der Waals surface area contributed by atoms with Gasteiger partial charge >= 0.3 is 0 Å². The Hall–Kier alpha value is -0.940. The minimum Gasteiger partial charge on any atom is -0.395 e.